The lowest BCUT2D eigenvalue weighted by Gasteiger charge is -2.32. The quantitative estimate of drug-likeness (QED) is 0.753. The molecule has 1 aliphatic rings. The van der Waals surface area contributed by atoms with E-state index in [4.69, 9.17) is 0 Å². The van der Waals surface area contributed by atoms with Gasteiger partial charge >= 0.3 is 0 Å². The summed E-state index contributed by atoms with van der Waals surface area (Å²) in [6, 6.07) is 10.8. The van der Waals surface area contributed by atoms with Gasteiger partial charge in [-0.1, -0.05) is 19.9 Å². The lowest BCUT2D eigenvalue weighted by atomic mass is 9.96. The molecule has 1 heterocycles. The van der Waals surface area contributed by atoms with E-state index >= 15 is 0 Å². The number of hydrogen-bond donors (Lipinski definition) is 2. The second-order valence-electron chi connectivity index (χ2n) is 8.26. The summed E-state index contributed by atoms with van der Waals surface area (Å²) in [5.41, 5.74) is 2.54. The van der Waals surface area contributed by atoms with Crippen LogP contribution in [0.25, 0.3) is 0 Å². The Morgan fingerprint density at radius 2 is 1.77 bits per heavy atom. The first kappa shape index (κ1) is 22.5. The van der Waals surface area contributed by atoms with Gasteiger partial charge in [-0.2, -0.15) is 0 Å². The standard InChI is InChI=1S/C24H28FN3O3/c1-15(2)22(29)26-20-11-6-16(3)21(13-20)27-23(30)18-5-4-12-28(14-18)24(31)17-7-9-19(25)10-8-17/h6-11,13,15,18H,4-5,12,14H2,1-3H3,(H,26,29)(H,27,30). The van der Waals surface area contributed by atoms with Gasteiger partial charge in [-0.25, -0.2) is 4.39 Å². The van der Waals surface area contributed by atoms with Gasteiger partial charge in [-0.05, 0) is 61.7 Å². The number of anilines is 2. The van der Waals surface area contributed by atoms with Gasteiger partial charge in [0, 0.05) is 35.9 Å². The first-order valence-electron chi connectivity index (χ1n) is 10.5. The monoisotopic (exact) mass is 425 g/mol. The van der Waals surface area contributed by atoms with Gasteiger partial charge in [0.25, 0.3) is 5.91 Å². The van der Waals surface area contributed by atoms with Crippen molar-refractivity contribution >= 4 is 29.1 Å². The smallest absolute Gasteiger partial charge is 0.253 e. The van der Waals surface area contributed by atoms with Crippen LogP contribution >= 0.6 is 0 Å². The molecule has 1 atom stereocenters. The van der Waals surface area contributed by atoms with Crippen molar-refractivity contribution in [1.82, 2.24) is 4.90 Å². The molecule has 1 unspecified atom stereocenters. The van der Waals surface area contributed by atoms with Gasteiger partial charge in [-0.3, -0.25) is 14.4 Å². The first-order chi connectivity index (χ1) is 14.7. The van der Waals surface area contributed by atoms with Crippen LogP contribution in [-0.4, -0.2) is 35.7 Å². The zero-order valence-electron chi connectivity index (χ0n) is 18.1. The first-order valence-corrected chi connectivity index (χ1v) is 10.5. The summed E-state index contributed by atoms with van der Waals surface area (Å²) in [5.74, 6) is -1.34. The van der Waals surface area contributed by atoms with Crippen molar-refractivity contribution in [3.63, 3.8) is 0 Å². The predicted molar refractivity (Wildman–Crippen MR) is 118 cm³/mol. The molecule has 1 fully saturated rings. The number of piperidine rings is 1. The number of carbonyl (C=O) groups is 3. The van der Waals surface area contributed by atoms with Gasteiger partial charge in [0.05, 0.1) is 5.92 Å². The molecule has 7 heteroatoms. The molecule has 0 aliphatic carbocycles. The number of benzene rings is 2. The molecular weight excluding hydrogens is 397 g/mol. The van der Waals surface area contributed by atoms with Crippen LogP contribution in [0.3, 0.4) is 0 Å². The lowest BCUT2D eigenvalue weighted by Crippen LogP contribution is -2.43. The summed E-state index contributed by atoms with van der Waals surface area (Å²) >= 11 is 0. The molecule has 0 bridgehead atoms. The molecule has 164 valence electrons. The fraction of sp³-hybridized carbons (Fsp3) is 0.375. The minimum atomic E-state index is -0.394. The topological polar surface area (TPSA) is 78.5 Å². The van der Waals surface area contributed by atoms with Gasteiger partial charge in [0.1, 0.15) is 5.82 Å². The second-order valence-corrected chi connectivity index (χ2v) is 8.26. The number of rotatable bonds is 5. The van der Waals surface area contributed by atoms with Crippen molar-refractivity contribution < 1.29 is 18.8 Å². The number of amides is 3. The highest BCUT2D eigenvalue weighted by Gasteiger charge is 2.29. The van der Waals surface area contributed by atoms with Crippen molar-refractivity contribution in [3.8, 4) is 0 Å². The minimum Gasteiger partial charge on any atom is -0.338 e. The summed E-state index contributed by atoms with van der Waals surface area (Å²) in [4.78, 5) is 39.3. The van der Waals surface area contributed by atoms with Crippen LogP contribution in [0.15, 0.2) is 42.5 Å². The van der Waals surface area contributed by atoms with Crippen LogP contribution < -0.4 is 10.6 Å². The molecule has 0 radical (unpaired) electrons. The van der Waals surface area contributed by atoms with Gasteiger partial charge in [0.2, 0.25) is 11.8 Å². The summed E-state index contributed by atoms with van der Waals surface area (Å²) in [6.07, 6.45) is 1.40. The molecule has 1 saturated heterocycles. The number of carbonyl (C=O) groups excluding carboxylic acids is 3. The van der Waals surface area contributed by atoms with E-state index in [-0.39, 0.29) is 29.6 Å². The number of nitrogens with one attached hydrogen (secondary N) is 2. The molecule has 6 nitrogen and oxygen atoms in total. The van der Waals surface area contributed by atoms with Crippen LogP contribution in [0.5, 0.6) is 0 Å². The summed E-state index contributed by atoms with van der Waals surface area (Å²) in [7, 11) is 0. The Morgan fingerprint density at radius 3 is 2.45 bits per heavy atom. The molecular formula is C24H28FN3O3. The molecule has 2 aromatic carbocycles. The van der Waals surface area contributed by atoms with Crippen LogP contribution in [0.2, 0.25) is 0 Å². The summed E-state index contributed by atoms with van der Waals surface area (Å²) in [5, 5.41) is 5.79. The Kier molecular flexibility index (Phi) is 7.05. The molecule has 1 aliphatic heterocycles. The highest BCUT2D eigenvalue weighted by molar-refractivity contribution is 5.97. The highest BCUT2D eigenvalue weighted by atomic mass is 19.1. The third-order valence-corrected chi connectivity index (χ3v) is 5.46. The molecule has 31 heavy (non-hydrogen) atoms. The largest absolute Gasteiger partial charge is 0.338 e. The molecule has 2 N–H and O–H groups in total. The highest BCUT2D eigenvalue weighted by Crippen LogP contribution is 2.24. The average molecular weight is 426 g/mol. The maximum absolute atomic E-state index is 13.1. The van der Waals surface area contributed by atoms with Gasteiger partial charge < -0.3 is 15.5 Å². The Hall–Kier alpha value is -3.22. The normalized spacial score (nSPS) is 16.2. The van der Waals surface area contributed by atoms with E-state index in [1.165, 1.54) is 24.3 Å². The Balaban J connectivity index is 1.66. The van der Waals surface area contributed by atoms with Crippen molar-refractivity contribution in [2.24, 2.45) is 11.8 Å². The average Bonchev–Trinajstić information content (AvgIpc) is 2.76. The summed E-state index contributed by atoms with van der Waals surface area (Å²) < 4.78 is 13.1. The molecule has 3 rings (SSSR count). The van der Waals surface area contributed by atoms with Gasteiger partial charge in [-0.15, -0.1) is 0 Å². The molecule has 0 saturated carbocycles. The third-order valence-electron chi connectivity index (χ3n) is 5.46. The van der Waals surface area contributed by atoms with E-state index in [1.54, 1.807) is 17.0 Å². The third kappa shape index (κ3) is 5.69. The SMILES string of the molecule is Cc1ccc(NC(=O)C(C)C)cc1NC(=O)C1CCCN(C(=O)c2ccc(F)cc2)C1. The Morgan fingerprint density at radius 1 is 1.06 bits per heavy atom. The number of hydrogen-bond acceptors (Lipinski definition) is 3. The lowest BCUT2D eigenvalue weighted by molar-refractivity contribution is -0.121. The number of likely N-dealkylation sites (tertiary alicyclic amines) is 1. The van der Waals surface area contributed by atoms with E-state index in [0.717, 1.165) is 5.56 Å². The van der Waals surface area contributed by atoms with E-state index in [9.17, 15) is 18.8 Å². The molecule has 0 spiro atoms. The number of nitrogens with zero attached hydrogens (tertiary/aromatic N) is 1. The van der Waals surface area contributed by atoms with E-state index < -0.39 is 5.82 Å². The zero-order valence-corrected chi connectivity index (χ0v) is 18.1. The van der Waals surface area contributed by atoms with Gasteiger partial charge in [0.15, 0.2) is 0 Å². The fourth-order valence-corrected chi connectivity index (χ4v) is 3.51. The second kappa shape index (κ2) is 9.73. The molecule has 2 aromatic rings. The maximum atomic E-state index is 13.1. The summed E-state index contributed by atoms with van der Waals surface area (Å²) in [6.45, 7) is 6.39. The van der Waals surface area contributed by atoms with Crippen LogP contribution in [0.1, 0.15) is 42.6 Å². The number of aryl methyl sites for hydroxylation is 1. The Labute approximate surface area is 181 Å². The van der Waals surface area contributed by atoms with E-state index in [1.807, 2.05) is 26.8 Å². The van der Waals surface area contributed by atoms with Crippen LogP contribution in [0, 0.1) is 24.6 Å². The molecule has 3 amide bonds. The zero-order chi connectivity index (χ0) is 22.5. The Bertz CT molecular complexity index is 973. The van der Waals surface area contributed by atoms with Crippen molar-refractivity contribution in [2.75, 3.05) is 23.7 Å². The minimum absolute atomic E-state index is 0.0941. The van der Waals surface area contributed by atoms with Crippen molar-refractivity contribution in [2.45, 2.75) is 33.6 Å². The maximum Gasteiger partial charge on any atom is 0.253 e. The van der Waals surface area contributed by atoms with Crippen molar-refractivity contribution in [1.29, 1.82) is 0 Å². The van der Waals surface area contributed by atoms with Crippen molar-refractivity contribution in [3.05, 3.63) is 59.4 Å². The predicted octanol–water partition coefficient (Wildman–Crippen LogP) is 4.22. The van der Waals surface area contributed by atoms with Crippen LogP contribution in [-0.2, 0) is 9.59 Å². The van der Waals surface area contributed by atoms with E-state index in [0.29, 0.717) is 42.9 Å². The fourth-order valence-electron chi connectivity index (χ4n) is 3.51. The van der Waals surface area contributed by atoms with Crippen LogP contribution in [0.4, 0.5) is 15.8 Å². The molecule has 0 aromatic heterocycles. The van der Waals surface area contributed by atoms with E-state index in [2.05, 4.69) is 10.6 Å². The number of halogens is 1.